The largest absolute Gasteiger partial charge is 0.333 e. The summed E-state index contributed by atoms with van der Waals surface area (Å²) in [5.41, 5.74) is -0.0484. The van der Waals surface area contributed by atoms with Gasteiger partial charge in [0, 0.05) is 25.7 Å². The molecule has 1 aliphatic rings. The van der Waals surface area contributed by atoms with Crippen LogP contribution in [-0.4, -0.2) is 44.9 Å². The highest BCUT2D eigenvalue weighted by Crippen LogP contribution is 2.28. The molecule has 0 aromatic heterocycles. The maximum Gasteiger partial charge on any atom is 0.255 e. The molecule has 1 amide bonds. The minimum absolute atomic E-state index is 0.0119. The van der Waals surface area contributed by atoms with Crippen molar-refractivity contribution in [2.45, 2.75) is 17.9 Å². The third-order valence-corrected chi connectivity index (χ3v) is 5.35. The van der Waals surface area contributed by atoms with Crippen LogP contribution < -0.4 is 10.5 Å². The first kappa shape index (κ1) is 16.3. The molecule has 0 spiro atoms. The lowest BCUT2D eigenvalue weighted by atomic mass is 10.1. The quantitative estimate of drug-likeness (QED) is 0.789. The monoisotopic (exact) mass is 379 g/mol. The Bertz CT molecular complexity index is 681. The summed E-state index contributed by atoms with van der Waals surface area (Å²) in [5, 5.41) is 8.18. The van der Waals surface area contributed by atoms with E-state index in [1.54, 1.807) is 4.90 Å². The lowest BCUT2D eigenvalue weighted by Crippen LogP contribution is -2.52. The van der Waals surface area contributed by atoms with Gasteiger partial charge in [-0.1, -0.05) is 0 Å². The number of hydrogen-bond acceptors (Lipinski definition) is 4. The van der Waals surface area contributed by atoms with Crippen molar-refractivity contribution in [2.75, 3.05) is 19.6 Å². The van der Waals surface area contributed by atoms with E-state index in [2.05, 4.69) is 21.2 Å². The van der Waals surface area contributed by atoms with Crippen molar-refractivity contribution < 1.29 is 17.6 Å². The average molecular weight is 380 g/mol. The van der Waals surface area contributed by atoms with Gasteiger partial charge in [-0.2, -0.15) is 0 Å². The number of primary sulfonamides is 1. The molecule has 116 valence electrons. The van der Waals surface area contributed by atoms with Crippen LogP contribution in [0.4, 0.5) is 4.39 Å². The third kappa shape index (κ3) is 3.42. The first-order valence-electron chi connectivity index (χ1n) is 6.25. The summed E-state index contributed by atoms with van der Waals surface area (Å²) < 4.78 is 36.6. The van der Waals surface area contributed by atoms with E-state index in [1.165, 1.54) is 0 Å². The smallest absolute Gasteiger partial charge is 0.255 e. The zero-order valence-corrected chi connectivity index (χ0v) is 13.7. The second-order valence-corrected chi connectivity index (χ2v) is 7.19. The first-order chi connectivity index (χ1) is 9.71. The molecular weight excluding hydrogens is 365 g/mol. The SMILES string of the molecule is CC1CNCCN1C(=O)c1cc(F)cc(S(N)(=O)=O)c1Br. The predicted octanol–water partition coefficient (Wildman–Crippen LogP) is 0.670. The van der Waals surface area contributed by atoms with Gasteiger partial charge in [-0.05, 0) is 35.0 Å². The molecule has 6 nitrogen and oxygen atoms in total. The Morgan fingerprint density at radius 1 is 1.52 bits per heavy atom. The molecule has 1 atom stereocenters. The fraction of sp³-hybridized carbons (Fsp3) is 0.417. The maximum atomic E-state index is 13.6. The molecule has 21 heavy (non-hydrogen) atoms. The normalized spacial score (nSPS) is 19.6. The molecule has 9 heteroatoms. The van der Waals surface area contributed by atoms with Gasteiger partial charge in [0.1, 0.15) is 5.82 Å². The molecule has 1 unspecified atom stereocenters. The number of benzene rings is 1. The minimum atomic E-state index is -4.13. The molecule has 1 saturated heterocycles. The van der Waals surface area contributed by atoms with E-state index in [0.717, 1.165) is 12.1 Å². The topological polar surface area (TPSA) is 92.5 Å². The number of rotatable bonds is 2. The van der Waals surface area contributed by atoms with Gasteiger partial charge >= 0.3 is 0 Å². The number of piperazine rings is 1. The lowest BCUT2D eigenvalue weighted by Gasteiger charge is -2.34. The number of sulfonamides is 1. The summed E-state index contributed by atoms with van der Waals surface area (Å²) >= 11 is 3.05. The van der Waals surface area contributed by atoms with Crippen LogP contribution >= 0.6 is 15.9 Å². The van der Waals surface area contributed by atoms with Gasteiger partial charge < -0.3 is 10.2 Å². The van der Waals surface area contributed by atoms with Crippen LogP contribution in [0.25, 0.3) is 0 Å². The Labute approximate surface area is 130 Å². The highest BCUT2D eigenvalue weighted by Gasteiger charge is 2.28. The van der Waals surface area contributed by atoms with Gasteiger partial charge in [0.15, 0.2) is 0 Å². The van der Waals surface area contributed by atoms with Gasteiger partial charge in [0.2, 0.25) is 10.0 Å². The van der Waals surface area contributed by atoms with E-state index in [-0.39, 0.29) is 16.1 Å². The summed E-state index contributed by atoms with van der Waals surface area (Å²) in [6.45, 7) is 3.58. The average Bonchev–Trinajstić information content (AvgIpc) is 2.39. The summed E-state index contributed by atoms with van der Waals surface area (Å²) in [7, 11) is -4.13. The van der Waals surface area contributed by atoms with Crippen LogP contribution in [-0.2, 0) is 10.0 Å². The Morgan fingerprint density at radius 2 is 2.19 bits per heavy atom. The second kappa shape index (κ2) is 5.99. The standard InChI is InChI=1S/C12H15BrFN3O3S/c1-7-6-16-2-3-17(7)12(18)9-4-8(14)5-10(11(9)13)21(15,19)20/h4-5,7,16H,2-3,6H2,1H3,(H2,15,19,20). The van der Waals surface area contributed by atoms with Gasteiger partial charge in [-0.15, -0.1) is 0 Å². The summed E-state index contributed by atoms with van der Waals surface area (Å²) in [5.74, 6) is -1.26. The summed E-state index contributed by atoms with van der Waals surface area (Å²) in [4.78, 5) is 13.7. The zero-order chi connectivity index (χ0) is 15.8. The number of hydrogen-bond donors (Lipinski definition) is 2. The molecule has 0 aliphatic carbocycles. The maximum absolute atomic E-state index is 13.6. The second-order valence-electron chi connectivity index (χ2n) is 4.86. The van der Waals surface area contributed by atoms with Crippen molar-refractivity contribution in [3.8, 4) is 0 Å². The van der Waals surface area contributed by atoms with Crippen LogP contribution in [0.2, 0.25) is 0 Å². The highest BCUT2D eigenvalue weighted by atomic mass is 79.9. The van der Waals surface area contributed by atoms with Crippen LogP contribution in [0.5, 0.6) is 0 Å². The van der Waals surface area contributed by atoms with Crippen molar-refractivity contribution in [2.24, 2.45) is 5.14 Å². The first-order valence-corrected chi connectivity index (χ1v) is 8.59. The lowest BCUT2D eigenvalue weighted by molar-refractivity contribution is 0.0654. The number of nitrogens with one attached hydrogen (secondary N) is 1. The number of carbonyl (C=O) groups excluding carboxylic acids is 1. The molecule has 1 aliphatic heterocycles. The Balaban J connectivity index is 2.49. The van der Waals surface area contributed by atoms with Gasteiger partial charge in [-0.3, -0.25) is 4.79 Å². The van der Waals surface area contributed by atoms with E-state index in [4.69, 9.17) is 5.14 Å². The van der Waals surface area contributed by atoms with Crippen LogP contribution in [0.3, 0.4) is 0 Å². The number of nitrogens with zero attached hydrogens (tertiary/aromatic N) is 1. The van der Waals surface area contributed by atoms with Crippen molar-refractivity contribution in [3.63, 3.8) is 0 Å². The van der Waals surface area contributed by atoms with E-state index < -0.39 is 26.6 Å². The van der Waals surface area contributed by atoms with Crippen LogP contribution in [0, 0.1) is 5.82 Å². The highest BCUT2D eigenvalue weighted by molar-refractivity contribution is 9.10. The van der Waals surface area contributed by atoms with Gasteiger partial charge in [0.25, 0.3) is 5.91 Å². The van der Waals surface area contributed by atoms with E-state index >= 15 is 0 Å². The zero-order valence-electron chi connectivity index (χ0n) is 11.3. The number of nitrogens with two attached hydrogens (primary N) is 1. The van der Waals surface area contributed by atoms with E-state index in [1.807, 2.05) is 6.92 Å². The summed E-state index contributed by atoms with van der Waals surface area (Å²) in [6.07, 6.45) is 0. The molecule has 1 heterocycles. The summed E-state index contributed by atoms with van der Waals surface area (Å²) in [6, 6.07) is 1.73. The predicted molar refractivity (Wildman–Crippen MR) is 78.8 cm³/mol. The van der Waals surface area contributed by atoms with Crippen LogP contribution in [0.1, 0.15) is 17.3 Å². The molecule has 3 N–H and O–H groups in total. The number of halogens is 2. The fourth-order valence-electron chi connectivity index (χ4n) is 2.22. The third-order valence-electron chi connectivity index (χ3n) is 3.30. The molecule has 1 fully saturated rings. The molecule has 1 aromatic carbocycles. The molecule has 0 radical (unpaired) electrons. The Kier molecular flexibility index (Phi) is 4.66. The minimum Gasteiger partial charge on any atom is -0.333 e. The number of amides is 1. The fourth-order valence-corrected chi connectivity index (χ4v) is 3.94. The molecule has 1 aromatic rings. The van der Waals surface area contributed by atoms with Crippen molar-refractivity contribution >= 4 is 31.9 Å². The van der Waals surface area contributed by atoms with Crippen LogP contribution in [0.15, 0.2) is 21.5 Å². The molecular formula is C12H15BrFN3O3S. The number of carbonyl (C=O) groups is 1. The van der Waals surface area contributed by atoms with Crippen molar-refractivity contribution in [3.05, 3.63) is 28.0 Å². The van der Waals surface area contributed by atoms with Gasteiger partial charge in [0.05, 0.1) is 14.9 Å². The van der Waals surface area contributed by atoms with Gasteiger partial charge in [-0.25, -0.2) is 17.9 Å². The Morgan fingerprint density at radius 3 is 2.76 bits per heavy atom. The van der Waals surface area contributed by atoms with E-state index in [9.17, 15) is 17.6 Å². The molecule has 0 bridgehead atoms. The van der Waals surface area contributed by atoms with Crippen molar-refractivity contribution in [1.29, 1.82) is 0 Å². The van der Waals surface area contributed by atoms with E-state index in [0.29, 0.717) is 19.6 Å². The van der Waals surface area contributed by atoms with Crippen molar-refractivity contribution in [1.82, 2.24) is 10.2 Å². The molecule has 0 saturated carbocycles. The Hall–Kier alpha value is -1.03. The molecule has 2 rings (SSSR count).